The van der Waals surface area contributed by atoms with Crippen LogP contribution >= 0.6 is 0 Å². The van der Waals surface area contributed by atoms with Gasteiger partial charge in [-0.15, -0.1) is 0 Å². The summed E-state index contributed by atoms with van der Waals surface area (Å²) in [5.74, 6) is -0.396. The van der Waals surface area contributed by atoms with Gasteiger partial charge >= 0.3 is 0 Å². The lowest BCUT2D eigenvalue weighted by atomic mass is 9.82. The molecule has 0 atom stereocenters. The van der Waals surface area contributed by atoms with E-state index in [-0.39, 0.29) is 11.6 Å². The number of hydrogen-bond donors (Lipinski definition) is 0. The molecule has 0 heterocycles. The predicted octanol–water partition coefficient (Wildman–Crippen LogP) is 3.80. The molecule has 0 aliphatic heterocycles. The van der Waals surface area contributed by atoms with Crippen LogP contribution in [0.5, 0.6) is 0 Å². The van der Waals surface area contributed by atoms with Crippen molar-refractivity contribution in [3.05, 3.63) is 35.9 Å². The highest BCUT2D eigenvalue weighted by Gasteiger charge is 2.33. The van der Waals surface area contributed by atoms with Gasteiger partial charge in [0.25, 0.3) is 0 Å². The molecule has 0 radical (unpaired) electrons. The second kappa shape index (κ2) is 8.62. The Bertz CT molecular complexity index is 518. The van der Waals surface area contributed by atoms with E-state index in [1.165, 1.54) is 5.56 Å². The van der Waals surface area contributed by atoms with Gasteiger partial charge in [0.05, 0.1) is 0 Å². The summed E-state index contributed by atoms with van der Waals surface area (Å²) < 4.78 is 0. The largest absolute Gasteiger partial charge is 0.298 e. The maximum Gasteiger partial charge on any atom is 0.149 e. The molecule has 1 aliphatic rings. The van der Waals surface area contributed by atoms with Crippen molar-refractivity contribution < 1.29 is 9.59 Å². The van der Waals surface area contributed by atoms with E-state index in [2.05, 4.69) is 24.0 Å². The summed E-state index contributed by atoms with van der Waals surface area (Å²) in [5, 5.41) is 0. The first-order chi connectivity index (χ1) is 10.7. The van der Waals surface area contributed by atoms with Crippen LogP contribution < -0.4 is 0 Å². The van der Waals surface area contributed by atoms with Crippen LogP contribution in [0.4, 0.5) is 0 Å². The highest BCUT2D eigenvalue weighted by molar-refractivity contribution is 6.22. The van der Waals surface area contributed by atoms with Crippen LogP contribution in [-0.2, 0) is 16.0 Å². The third kappa shape index (κ3) is 4.62. The first kappa shape index (κ1) is 16.6. The Morgan fingerprint density at radius 2 is 1.82 bits per heavy atom. The Morgan fingerprint density at radius 1 is 1.14 bits per heavy atom. The molecule has 118 valence electrons. The molecule has 22 heavy (non-hydrogen) atoms. The van der Waals surface area contributed by atoms with E-state index in [4.69, 9.17) is 0 Å². The second-order valence-electron chi connectivity index (χ2n) is 5.93. The van der Waals surface area contributed by atoms with E-state index >= 15 is 0 Å². The Kier molecular flexibility index (Phi) is 6.50. The normalized spacial score (nSPS) is 17.0. The summed E-state index contributed by atoms with van der Waals surface area (Å²) in [7, 11) is 0. The second-order valence-corrected chi connectivity index (χ2v) is 5.93. The van der Waals surface area contributed by atoms with Crippen molar-refractivity contribution in [3.8, 4) is 0 Å². The van der Waals surface area contributed by atoms with Crippen LogP contribution in [0.3, 0.4) is 0 Å². The Labute approximate surface area is 132 Å². The average Bonchev–Trinajstić information content (AvgIpc) is 2.53. The van der Waals surface area contributed by atoms with Crippen molar-refractivity contribution in [1.29, 1.82) is 0 Å². The first-order valence-corrected chi connectivity index (χ1v) is 8.35. The summed E-state index contributed by atoms with van der Waals surface area (Å²) in [6.45, 7) is 2.77. The van der Waals surface area contributed by atoms with E-state index in [0.29, 0.717) is 25.8 Å². The number of unbranched alkanes of at least 4 members (excludes halogenated alkanes) is 1. The molecule has 1 fully saturated rings. The summed E-state index contributed by atoms with van der Waals surface area (Å²) in [4.78, 5) is 28.9. The van der Waals surface area contributed by atoms with E-state index < -0.39 is 5.92 Å². The molecule has 0 bridgehead atoms. The monoisotopic (exact) mass is 299 g/mol. The molecule has 0 spiro atoms. The van der Waals surface area contributed by atoms with Crippen molar-refractivity contribution in [1.82, 2.24) is 0 Å². The first-order valence-electron chi connectivity index (χ1n) is 8.35. The minimum Gasteiger partial charge on any atom is -0.298 e. The average molecular weight is 299 g/mol. The van der Waals surface area contributed by atoms with Gasteiger partial charge in [0.2, 0.25) is 0 Å². The van der Waals surface area contributed by atoms with Gasteiger partial charge in [0.15, 0.2) is 0 Å². The third-order valence-corrected chi connectivity index (χ3v) is 4.17. The van der Waals surface area contributed by atoms with E-state index in [1.54, 1.807) is 0 Å². The Balaban J connectivity index is 2.05. The zero-order valence-corrected chi connectivity index (χ0v) is 13.4. The number of rotatable bonds is 7. The molecule has 0 N–H and O–H groups in total. The number of carbonyl (C=O) groups excluding carboxylic acids is 2. The highest BCUT2D eigenvalue weighted by Crippen LogP contribution is 2.21. The summed E-state index contributed by atoms with van der Waals surface area (Å²) >= 11 is 0. The molecular weight excluding hydrogens is 274 g/mol. The van der Waals surface area contributed by atoms with Gasteiger partial charge in [0.1, 0.15) is 17.5 Å². The molecule has 1 saturated carbocycles. The van der Waals surface area contributed by atoms with Crippen molar-refractivity contribution in [2.24, 2.45) is 10.9 Å². The maximum absolute atomic E-state index is 12.1. The van der Waals surface area contributed by atoms with E-state index in [9.17, 15) is 9.59 Å². The number of carbonyl (C=O) groups is 2. The number of Topliss-reactive ketones (excluding diaryl/α,β-unsaturated/α-hetero) is 2. The van der Waals surface area contributed by atoms with Gasteiger partial charge < -0.3 is 0 Å². The highest BCUT2D eigenvalue weighted by atomic mass is 16.2. The SMILES string of the molecule is CCCCC(=NCCc1ccccc1)C1C(=O)CCCC1=O. The van der Waals surface area contributed by atoms with Crippen molar-refractivity contribution >= 4 is 17.3 Å². The standard InChI is InChI=1S/C19H25NO2/c1-2-3-10-16(19-17(21)11-7-12-18(19)22)20-14-13-15-8-5-4-6-9-15/h4-6,8-9,19H,2-3,7,10-14H2,1H3. The van der Waals surface area contributed by atoms with Crippen LogP contribution in [0.25, 0.3) is 0 Å². The lowest BCUT2D eigenvalue weighted by Crippen LogP contribution is -2.35. The molecule has 0 unspecified atom stereocenters. The minimum absolute atomic E-state index is 0.0748. The maximum atomic E-state index is 12.1. The summed E-state index contributed by atoms with van der Waals surface area (Å²) in [6, 6.07) is 10.2. The number of aliphatic imine (C=N–C) groups is 1. The van der Waals surface area contributed by atoms with E-state index in [1.807, 2.05) is 18.2 Å². The minimum atomic E-state index is -0.545. The van der Waals surface area contributed by atoms with Crippen molar-refractivity contribution in [2.45, 2.75) is 51.9 Å². The van der Waals surface area contributed by atoms with Gasteiger partial charge in [-0.3, -0.25) is 14.6 Å². The molecule has 3 heteroatoms. The molecule has 0 saturated heterocycles. The van der Waals surface area contributed by atoms with Gasteiger partial charge in [-0.2, -0.15) is 0 Å². The zero-order valence-electron chi connectivity index (χ0n) is 13.4. The van der Waals surface area contributed by atoms with Crippen LogP contribution in [0.2, 0.25) is 0 Å². The van der Waals surface area contributed by atoms with Crippen LogP contribution in [0.1, 0.15) is 51.0 Å². The van der Waals surface area contributed by atoms with Gasteiger partial charge in [0, 0.05) is 25.1 Å². The summed E-state index contributed by atoms with van der Waals surface area (Å²) in [6.07, 6.45) is 5.42. The molecule has 3 nitrogen and oxygen atoms in total. The topological polar surface area (TPSA) is 46.5 Å². The lowest BCUT2D eigenvalue weighted by molar-refractivity contribution is -0.132. The van der Waals surface area contributed by atoms with Crippen LogP contribution in [-0.4, -0.2) is 23.8 Å². The van der Waals surface area contributed by atoms with Gasteiger partial charge in [-0.25, -0.2) is 0 Å². The van der Waals surface area contributed by atoms with Crippen molar-refractivity contribution in [2.75, 3.05) is 6.54 Å². The zero-order chi connectivity index (χ0) is 15.8. The lowest BCUT2D eigenvalue weighted by Gasteiger charge is -2.21. The number of nitrogens with zero attached hydrogens (tertiary/aromatic N) is 1. The van der Waals surface area contributed by atoms with Crippen molar-refractivity contribution in [3.63, 3.8) is 0 Å². The molecule has 1 aromatic rings. The Hall–Kier alpha value is -1.77. The van der Waals surface area contributed by atoms with Gasteiger partial charge in [-0.1, -0.05) is 43.7 Å². The molecule has 0 aromatic heterocycles. The quantitative estimate of drug-likeness (QED) is 0.568. The molecule has 2 rings (SSSR count). The molecular formula is C19H25NO2. The smallest absolute Gasteiger partial charge is 0.149 e. The number of hydrogen-bond acceptors (Lipinski definition) is 3. The molecule has 1 aromatic carbocycles. The predicted molar refractivity (Wildman–Crippen MR) is 89.3 cm³/mol. The van der Waals surface area contributed by atoms with Crippen LogP contribution in [0.15, 0.2) is 35.3 Å². The molecule has 0 amide bonds. The molecule has 1 aliphatic carbocycles. The van der Waals surface area contributed by atoms with E-state index in [0.717, 1.165) is 31.4 Å². The fraction of sp³-hybridized carbons (Fsp3) is 0.526. The van der Waals surface area contributed by atoms with Gasteiger partial charge in [-0.05, 0) is 31.2 Å². The Morgan fingerprint density at radius 3 is 2.45 bits per heavy atom. The number of ketones is 2. The third-order valence-electron chi connectivity index (χ3n) is 4.17. The fourth-order valence-electron chi connectivity index (χ4n) is 2.92. The summed E-state index contributed by atoms with van der Waals surface area (Å²) in [5.41, 5.74) is 2.06. The number of benzene rings is 1. The van der Waals surface area contributed by atoms with Crippen LogP contribution in [0, 0.1) is 5.92 Å². The fourth-order valence-corrected chi connectivity index (χ4v) is 2.92.